The molecule has 0 aliphatic rings. The summed E-state index contributed by atoms with van der Waals surface area (Å²) >= 11 is 3.47. The maximum atomic E-state index is 12.4. The monoisotopic (exact) mass is 405 g/mol. The van der Waals surface area contributed by atoms with Crippen LogP contribution in [0.25, 0.3) is 0 Å². The quantitative estimate of drug-likeness (QED) is 0.628. The highest BCUT2D eigenvalue weighted by molar-refractivity contribution is 9.10. The van der Waals surface area contributed by atoms with Crippen molar-refractivity contribution in [2.45, 2.75) is 27.2 Å². The zero-order valence-corrected chi connectivity index (χ0v) is 16.4. The zero-order chi connectivity index (χ0) is 18.2. The third kappa shape index (κ3) is 6.09. The lowest BCUT2D eigenvalue weighted by Crippen LogP contribution is -2.12. The second kappa shape index (κ2) is 9.47. The van der Waals surface area contributed by atoms with E-state index >= 15 is 0 Å². The Morgan fingerprint density at radius 2 is 1.84 bits per heavy atom. The number of hydrogen-bond donors (Lipinski definition) is 1. The third-order valence-corrected chi connectivity index (χ3v) is 4.19. The number of nitrogens with one attached hydrogen (secondary N) is 1. The number of anilines is 1. The molecule has 134 valence electrons. The van der Waals surface area contributed by atoms with Gasteiger partial charge in [0, 0.05) is 11.3 Å². The minimum atomic E-state index is -0.168. The summed E-state index contributed by atoms with van der Waals surface area (Å²) in [5.41, 5.74) is 1.29. The first kappa shape index (κ1) is 19.3. The summed E-state index contributed by atoms with van der Waals surface area (Å²) in [5.74, 6) is 1.96. The number of halogens is 1. The number of carbonyl (C=O) groups is 1. The smallest absolute Gasteiger partial charge is 0.255 e. The predicted molar refractivity (Wildman–Crippen MR) is 105 cm³/mol. The molecule has 4 nitrogen and oxygen atoms in total. The molecule has 2 aromatic carbocycles. The largest absolute Gasteiger partial charge is 0.494 e. The second-order valence-electron chi connectivity index (χ2n) is 6.09. The molecule has 0 heterocycles. The van der Waals surface area contributed by atoms with Gasteiger partial charge in [0.25, 0.3) is 5.91 Å². The molecule has 5 heteroatoms. The molecule has 1 N–H and O–H groups in total. The molecule has 1 amide bonds. The van der Waals surface area contributed by atoms with Crippen LogP contribution in [0.4, 0.5) is 5.69 Å². The van der Waals surface area contributed by atoms with E-state index in [1.165, 1.54) is 0 Å². The molecule has 0 atom stereocenters. The van der Waals surface area contributed by atoms with Crippen LogP contribution in [-0.2, 0) is 0 Å². The maximum absolute atomic E-state index is 12.4. The first-order valence-electron chi connectivity index (χ1n) is 8.46. The zero-order valence-electron chi connectivity index (χ0n) is 14.8. The van der Waals surface area contributed by atoms with Crippen LogP contribution < -0.4 is 14.8 Å². The van der Waals surface area contributed by atoms with Crippen LogP contribution in [0.15, 0.2) is 46.9 Å². The molecule has 0 unspecified atom stereocenters. The lowest BCUT2D eigenvalue weighted by molar-refractivity contribution is 0.102. The van der Waals surface area contributed by atoms with Gasteiger partial charge in [0.15, 0.2) is 0 Å². The SMILES string of the molecule is CCOc1ccc(NC(=O)c2ccc(OCCC(C)C)c(Br)c2)cc1. The molecular formula is C20H24BrNO3. The summed E-state index contributed by atoms with van der Waals surface area (Å²) in [6.07, 6.45) is 0.992. The van der Waals surface area contributed by atoms with E-state index < -0.39 is 0 Å². The highest BCUT2D eigenvalue weighted by atomic mass is 79.9. The van der Waals surface area contributed by atoms with Crippen molar-refractivity contribution in [3.05, 3.63) is 52.5 Å². The van der Waals surface area contributed by atoms with Crippen molar-refractivity contribution in [1.29, 1.82) is 0 Å². The standard InChI is InChI=1S/C20H24BrNO3/c1-4-24-17-8-6-16(7-9-17)22-20(23)15-5-10-19(18(21)13-15)25-12-11-14(2)3/h5-10,13-14H,4,11-12H2,1-3H3,(H,22,23). The van der Waals surface area contributed by atoms with E-state index in [1.54, 1.807) is 12.1 Å². The first-order valence-corrected chi connectivity index (χ1v) is 9.25. The van der Waals surface area contributed by atoms with Crippen molar-refractivity contribution in [3.63, 3.8) is 0 Å². The lowest BCUT2D eigenvalue weighted by Gasteiger charge is -2.11. The van der Waals surface area contributed by atoms with Gasteiger partial charge in [0.2, 0.25) is 0 Å². The van der Waals surface area contributed by atoms with Gasteiger partial charge in [-0.3, -0.25) is 4.79 Å². The third-order valence-electron chi connectivity index (χ3n) is 3.57. The molecule has 2 aromatic rings. The molecule has 0 fully saturated rings. The Morgan fingerprint density at radius 3 is 2.44 bits per heavy atom. The van der Waals surface area contributed by atoms with E-state index in [0.717, 1.165) is 28.1 Å². The highest BCUT2D eigenvalue weighted by Gasteiger charge is 2.10. The Bertz CT molecular complexity index is 699. The van der Waals surface area contributed by atoms with Crippen LogP contribution in [-0.4, -0.2) is 19.1 Å². The van der Waals surface area contributed by atoms with E-state index in [0.29, 0.717) is 24.7 Å². The van der Waals surface area contributed by atoms with Crippen LogP contribution in [0.3, 0.4) is 0 Å². The van der Waals surface area contributed by atoms with E-state index in [-0.39, 0.29) is 5.91 Å². The minimum absolute atomic E-state index is 0.168. The van der Waals surface area contributed by atoms with Crippen molar-refractivity contribution in [2.24, 2.45) is 5.92 Å². The van der Waals surface area contributed by atoms with E-state index in [2.05, 4.69) is 35.1 Å². The highest BCUT2D eigenvalue weighted by Crippen LogP contribution is 2.27. The Hall–Kier alpha value is -2.01. The van der Waals surface area contributed by atoms with Crippen molar-refractivity contribution in [3.8, 4) is 11.5 Å². The first-order chi connectivity index (χ1) is 12.0. The lowest BCUT2D eigenvalue weighted by atomic mass is 10.1. The Balaban J connectivity index is 1.98. The van der Waals surface area contributed by atoms with E-state index in [1.807, 2.05) is 37.3 Å². The molecule has 0 aliphatic carbocycles. The van der Waals surface area contributed by atoms with Crippen LogP contribution >= 0.6 is 15.9 Å². The number of rotatable bonds is 8. The fraction of sp³-hybridized carbons (Fsp3) is 0.350. The molecule has 0 saturated heterocycles. The molecule has 0 aromatic heterocycles. The minimum Gasteiger partial charge on any atom is -0.494 e. The number of amides is 1. The number of benzene rings is 2. The number of carbonyl (C=O) groups excluding carboxylic acids is 1. The summed E-state index contributed by atoms with van der Waals surface area (Å²) in [6, 6.07) is 12.7. The van der Waals surface area contributed by atoms with Crippen LogP contribution in [0.1, 0.15) is 37.6 Å². The summed E-state index contributed by atoms with van der Waals surface area (Å²) in [4.78, 5) is 12.4. The Labute approximate surface area is 157 Å². The van der Waals surface area contributed by atoms with Gasteiger partial charge in [-0.15, -0.1) is 0 Å². The Morgan fingerprint density at radius 1 is 1.12 bits per heavy atom. The van der Waals surface area contributed by atoms with Gasteiger partial charge in [-0.1, -0.05) is 13.8 Å². The molecule has 0 saturated carbocycles. The molecule has 2 rings (SSSR count). The normalized spacial score (nSPS) is 10.6. The molecule has 0 aliphatic heterocycles. The average molecular weight is 406 g/mol. The fourth-order valence-corrected chi connectivity index (χ4v) is 2.66. The summed E-state index contributed by atoms with van der Waals surface area (Å²) in [5, 5.41) is 2.88. The van der Waals surface area contributed by atoms with E-state index in [4.69, 9.17) is 9.47 Å². The molecule has 0 spiro atoms. The van der Waals surface area contributed by atoms with Gasteiger partial charge in [-0.05, 0) is 77.7 Å². The Kier molecular flexibility index (Phi) is 7.31. The average Bonchev–Trinajstić information content (AvgIpc) is 2.58. The number of ether oxygens (including phenoxy) is 2. The van der Waals surface area contributed by atoms with Crippen molar-refractivity contribution in [1.82, 2.24) is 0 Å². The van der Waals surface area contributed by atoms with Crippen molar-refractivity contribution in [2.75, 3.05) is 18.5 Å². The fourth-order valence-electron chi connectivity index (χ4n) is 2.17. The van der Waals surface area contributed by atoms with Crippen LogP contribution in [0.5, 0.6) is 11.5 Å². The van der Waals surface area contributed by atoms with Gasteiger partial charge >= 0.3 is 0 Å². The predicted octanol–water partition coefficient (Wildman–Crippen LogP) is 5.53. The molecule has 25 heavy (non-hydrogen) atoms. The van der Waals surface area contributed by atoms with Gasteiger partial charge in [0.1, 0.15) is 11.5 Å². The number of hydrogen-bond acceptors (Lipinski definition) is 3. The summed E-state index contributed by atoms with van der Waals surface area (Å²) in [6.45, 7) is 7.53. The second-order valence-corrected chi connectivity index (χ2v) is 6.94. The van der Waals surface area contributed by atoms with Gasteiger partial charge in [0.05, 0.1) is 17.7 Å². The van der Waals surface area contributed by atoms with Gasteiger partial charge < -0.3 is 14.8 Å². The maximum Gasteiger partial charge on any atom is 0.255 e. The van der Waals surface area contributed by atoms with Crippen molar-refractivity contribution >= 4 is 27.5 Å². The van der Waals surface area contributed by atoms with E-state index in [9.17, 15) is 4.79 Å². The van der Waals surface area contributed by atoms with Gasteiger partial charge in [-0.25, -0.2) is 0 Å². The topological polar surface area (TPSA) is 47.6 Å². The van der Waals surface area contributed by atoms with Crippen LogP contribution in [0, 0.1) is 5.92 Å². The van der Waals surface area contributed by atoms with Crippen LogP contribution in [0.2, 0.25) is 0 Å². The molecular weight excluding hydrogens is 382 g/mol. The summed E-state index contributed by atoms with van der Waals surface area (Å²) in [7, 11) is 0. The van der Waals surface area contributed by atoms with Crippen molar-refractivity contribution < 1.29 is 14.3 Å². The molecule has 0 radical (unpaired) electrons. The van der Waals surface area contributed by atoms with Gasteiger partial charge in [-0.2, -0.15) is 0 Å². The molecule has 0 bridgehead atoms. The summed E-state index contributed by atoms with van der Waals surface area (Å²) < 4.78 is 11.9.